The van der Waals surface area contributed by atoms with E-state index in [0.29, 0.717) is 10.6 Å². The number of benzene rings is 1. The Morgan fingerprint density at radius 1 is 1.00 bits per heavy atom. The van der Waals surface area contributed by atoms with Crippen LogP contribution in [-0.4, -0.2) is 42.7 Å². The molecule has 1 fully saturated rings. The number of piperidine rings is 1. The summed E-state index contributed by atoms with van der Waals surface area (Å²) in [5, 5.41) is 1.76. The second-order valence-electron chi connectivity index (χ2n) is 6.86. The van der Waals surface area contributed by atoms with Crippen molar-refractivity contribution in [1.29, 1.82) is 0 Å². The third-order valence-electron chi connectivity index (χ3n) is 5.22. The van der Waals surface area contributed by atoms with Crippen molar-refractivity contribution in [1.82, 2.24) is 9.21 Å². The number of hydrogen-bond donors (Lipinski definition) is 0. The smallest absolute Gasteiger partial charge is 0.253 e. The van der Waals surface area contributed by atoms with E-state index < -0.39 is 16.1 Å². The van der Waals surface area contributed by atoms with Gasteiger partial charge in [-0.25, -0.2) is 8.42 Å². The van der Waals surface area contributed by atoms with Crippen molar-refractivity contribution in [3.63, 3.8) is 0 Å². The molecular formula is C19H22N2O3S2. The van der Waals surface area contributed by atoms with Crippen LogP contribution in [0.15, 0.2) is 46.0 Å². The fraction of sp³-hybridized carbons (Fsp3) is 0.421. The Balaban J connectivity index is 1.72. The normalized spacial score (nSPS) is 21.4. The Morgan fingerprint density at radius 3 is 2.42 bits per heavy atom. The summed E-state index contributed by atoms with van der Waals surface area (Å²) in [6.07, 6.45) is 3.56. The van der Waals surface area contributed by atoms with Crippen LogP contribution in [0.4, 0.5) is 0 Å². The standard InChI is InChI=1S/C19H22N2O3S2/c22-19(20-10-4-1-5-11-20)17-13-15-7-2-3-8-16(15)14-21(17)26(23,24)18-9-6-12-25-18/h2-3,6-9,12,17H,1,4-5,10-11,13-14H2/t17-/m0/s1. The molecule has 2 aromatic rings. The van der Waals surface area contributed by atoms with Gasteiger partial charge >= 0.3 is 0 Å². The lowest BCUT2D eigenvalue weighted by atomic mass is 9.94. The fourth-order valence-corrected chi connectivity index (χ4v) is 6.49. The molecule has 0 radical (unpaired) electrons. The number of carbonyl (C=O) groups excluding carboxylic acids is 1. The van der Waals surface area contributed by atoms with Gasteiger partial charge in [0.05, 0.1) is 0 Å². The maximum atomic E-state index is 13.2. The molecule has 26 heavy (non-hydrogen) atoms. The third kappa shape index (κ3) is 3.19. The van der Waals surface area contributed by atoms with Gasteiger partial charge < -0.3 is 4.90 Å². The number of hydrogen-bond acceptors (Lipinski definition) is 4. The number of amides is 1. The Labute approximate surface area is 158 Å². The van der Waals surface area contributed by atoms with Crippen LogP contribution < -0.4 is 0 Å². The minimum Gasteiger partial charge on any atom is -0.341 e. The van der Waals surface area contributed by atoms with Gasteiger partial charge in [0.15, 0.2) is 0 Å². The number of likely N-dealkylation sites (tertiary alicyclic amines) is 1. The van der Waals surface area contributed by atoms with E-state index in [-0.39, 0.29) is 12.5 Å². The highest BCUT2D eigenvalue weighted by atomic mass is 32.2. The van der Waals surface area contributed by atoms with Gasteiger partial charge in [0.25, 0.3) is 10.0 Å². The zero-order valence-corrected chi connectivity index (χ0v) is 16.1. The SMILES string of the molecule is O=C([C@@H]1Cc2ccccc2CN1S(=O)(=O)c1cccs1)N1CCCCC1. The van der Waals surface area contributed by atoms with E-state index in [1.165, 1.54) is 15.6 Å². The average Bonchev–Trinajstić information content (AvgIpc) is 3.23. The summed E-state index contributed by atoms with van der Waals surface area (Å²) in [5.41, 5.74) is 2.05. The maximum Gasteiger partial charge on any atom is 0.253 e. The molecule has 4 rings (SSSR count). The summed E-state index contributed by atoms with van der Waals surface area (Å²) in [5.74, 6) is -0.0562. The van der Waals surface area contributed by atoms with Crippen molar-refractivity contribution in [3.05, 3.63) is 52.9 Å². The molecule has 3 heterocycles. The number of carbonyl (C=O) groups is 1. The van der Waals surface area contributed by atoms with Crippen LogP contribution in [0, 0.1) is 0 Å². The van der Waals surface area contributed by atoms with Gasteiger partial charge in [-0.1, -0.05) is 30.3 Å². The van der Waals surface area contributed by atoms with E-state index in [4.69, 9.17) is 0 Å². The van der Waals surface area contributed by atoms with Crippen molar-refractivity contribution in [2.75, 3.05) is 13.1 Å². The Morgan fingerprint density at radius 2 is 1.73 bits per heavy atom. The van der Waals surface area contributed by atoms with Gasteiger partial charge in [-0.05, 0) is 48.3 Å². The molecule has 0 unspecified atom stereocenters. The van der Waals surface area contributed by atoms with Gasteiger partial charge in [-0.3, -0.25) is 4.79 Å². The summed E-state index contributed by atoms with van der Waals surface area (Å²) >= 11 is 1.20. The Kier molecular flexibility index (Phi) is 4.86. The van der Waals surface area contributed by atoms with Crippen molar-refractivity contribution in [2.24, 2.45) is 0 Å². The summed E-state index contributed by atoms with van der Waals surface area (Å²) < 4.78 is 28.2. The lowest BCUT2D eigenvalue weighted by Crippen LogP contribution is -2.54. The molecule has 1 aromatic heterocycles. The van der Waals surface area contributed by atoms with Crippen LogP contribution in [0.2, 0.25) is 0 Å². The highest BCUT2D eigenvalue weighted by Crippen LogP contribution is 2.32. The van der Waals surface area contributed by atoms with Crippen molar-refractivity contribution in [2.45, 2.75) is 42.5 Å². The third-order valence-corrected chi connectivity index (χ3v) is 8.44. The van der Waals surface area contributed by atoms with E-state index in [9.17, 15) is 13.2 Å². The van der Waals surface area contributed by atoms with Gasteiger partial charge in [0.2, 0.25) is 5.91 Å². The van der Waals surface area contributed by atoms with Crippen LogP contribution in [0.5, 0.6) is 0 Å². The summed E-state index contributed by atoms with van der Waals surface area (Å²) in [6, 6.07) is 10.5. The quantitative estimate of drug-likeness (QED) is 0.810. The largest absolute Gasteiger partial charge is 0.341 e. The minimum absolute atomic E-state index is 0.0562. The van der Waals surface area contributed by atoms with Crippen LogP contribution in [0.3, 0.4) is 0 Å². The zero-order valence-electron chi connectivity index (χ0n) is 14.5. The minimum atomic E-state index is -3.69. The predicted molar refractivity (Wildman–Crippen MR) is 101 cm³/mol. The van der Waals surface area contributed by atoms with E-state index in [0.717, 1.165) is 43.5 Å². The fourth-order valence-electron chi connectivity index (χ4n) is 3.81. The molecule has 2 aliphatic heterocycles. The first-order chi connectivity index (χ1) is 12.6. The lowest BCUT2D eigenvalue weighted by Gasteiger charge is -2.38. The molecule has 1 amide bonds. The Bertz CT molecular complexity index is 887. The molecule has 5 nitrogen and oxygen atoms in total. The van der Waals surface area contributed by atoms with Crippen molar-refractivity contribution >= 4 is 27.3 Å². The Hall–Kier alpha value is -1.70. The molecular weight excluding hydrogens is 368 g/mol. The van der Waals surface area contributed by atoms with E-state index in [1.54, 1.807) is 17.5 Å². The molecule has 0 saturated carbocycles. The molecule has 1 aromatic carbocycles. The van der Waals surface area contributed by atoms with E-state index in [1.807, 2.05) is 29.2 Å². The number of fused-ring (bicyclic) bond motifs is 1. The van der Waals surface area contributed by atoms with Crippen LogP contribution in [0.25, 0.3) is 0 Å². The maximum absolute atomic E-state index is 13.2. The predicted octanol–water partition coefficient (Wildman–Crippen LogP) is 2.88. The highest BCUT2D eigenvalue weighted by Gasteiger charge is 2.41. The number of sulfonamides is 1. The van der Waals surface area contributed by atoms with Crippen LogP contribution in [-0.2, 0) is 27.8 Å². The topological polar surface area (TPSA) is 57.7 Å². The van der Waals surface area contributed by atoms with Crippen LogP contribution >= 0.6 is 11.3 Å². The van der Waals surface area contributed by atoms with Gasteiger partial charge in [0.1, 0.15) is 10.3 Å². The second kappa shape index (κ2) is 7.13. The van der Waals surface area contributed by atoms with E-state index in [2.05, 4.69) is 0 Å². The molecule has 138 valence electrons. The molecule has 0 aliphatic carbocycles. The van der Waals surface area contributed by atoms with Gasteiger partial charge in [-0.2, -0.15) is 4.31 Å². The molecule has 0 N–H and O–H groups in total. The highest BCUT2D eigenvalue weighted by molar-refractivity contribution is 7.91. The van der Waals surface area contributed by atoms with Crippen LogP contribution in [0.1, 0.15) is 30.4 Å². The molecule has 7 heteroatoms. The van der Waals surface area contributed by atoms with Gasteiger partial charge in [0, 0.05) is 19.6 Å². The van der Waals surface area contributed by atoms with E-state index >= 15 is 0 Å². The molecule has 2 aliphatic rings. The summed E-state index contributed by atoms with van der Waals surface area (Å²) in [6.45, 7) is 1.70. The second-order valence-corrected chi connectivity index (χ2v) is 9.92. The molecule has 1 atom stereocenters. The van der Waals surface area contributed by atoms with Gasteiger partial charge in [-0.15, -0.1) is 11.3 Å². The average molecular weight is 391 g/mol. The zero-order chi connectivity index (χ0) is 18.1. The molecule has 1 saturated heterocycles. The first kappa shape index (κ1) is 17.7. The molecule has 0 bridgehead atoms. The monoisotopic (exact) mass is 390 g/mol. The first-order valence-electron chi connectivity index (χ1n) is 8.98. The number of nitrogens with zero attached hydrogens (tertiary/aromatic N) is 2. The number of rotatable bonds is 3. The van der Waals surface area contributed by atoms with Crippen molar-refractivity contribution < 1.29 is 13.2 Å². The number of thiophene rings is 1. The molecule has 0 spiro atoms. The summed E-state index contributed by atoms with van der Waals surface area (Å²) in [4.78, 5) is 15.1. The lowest BCUT2D eigenvalue weighted by molar-refractivity contribution is -0.136. The van der Waals surface area contributed by atoms with Crippen molar-refractivity contribution in [3.8, 4) is 0 Å². The summed E-state index contributed by atoms with van der Waals surface area (Å²) in [7, 11) is -3.69. The first-order valence-corrected chi connectivity index (χ1v) is 11.3.